The first-order valence-corrected chi connectivity index (χ1v) is 11.4. The summed E-state index contributed by atoms with van der Waals surface area (Å²) in [5.74, 6) is -0.228. The minimum atomic E-state index is -1.55. The third kappa shape index (κ3) is 4.48. The van der Waals surface area contributed by atoms with E-state index in [-0.39, 0.29) is 37.9 Å². The number of hydrogen-bond acceptors (Lipinski definition) is 4. The van der Waals surface area contributed by atoms with Crippen molar-refractivity contribution in [2.45, 2.75) is 44.8 Å². The zero-order chi connectivity index (χ0) is 24.5. The Labute approximate surface area is 198 Å². The van der Waals surface area contributed by atoms with Gasteiger partial charge in [0, 0.05) is 38.1 Å². The summed E-state index contributed by atoms with van der Waals surface area (Å²) in [6.07, 6.45) is -0.168. The van der Waals surface area contributed by atoms with Crippen LogP contribution in [0.3, 0.4) is 0 Å². The molecule has 0 saturated carbocycles. The summed E-state index contributed by atoms with van der Waals surface area (Å²) in [6, 6.07) is 11.7. The third-order valence-corrected chi connectivity index (χ3v) is 6.88. The molecule has 7 nitrogen and oxygen atoms in total. The quantitative estimate of drug-likeness (QED) is 0.715. The van der Waals surface area contributed by atoms with Crippen LogP contribution in [0.4, 0.5) is 14.9 Å². The normalized spacial score (nSPS) is 19.5. The van der Waals surface area contributed by atoms with Crippen LogP contribution >= 0.6 is 0 Å². The van der Waals surface area contributed by atoms with Crippen LogP contribution in [0, 0.1) is 25.2 Å². The number of aryl methyl sites for hydroxylation is 2. The van der Waals surface area contributed by atoms with Gasteiger partial charge in [0.25, 0.3) is 5.91 Å². The summed E-state index contributed by atoms with van der Waals surface area (Å²) >= 11 is 0. The Morgan fingerprint density at radius 2 is 1.85 bits per heavy atom. The Bertz CT molecular complexity index is 1130. The lowest BCUT2D eigenvalue weighted by atomic mass is 9.85. The Balaban J connectivity index is 1.54. The molecule has 2 saturated heterocycles. The van der Waals surface area contributed by atoms with Crippen LogP contribution in [-0.2, 0) is 10.4 Å². The van der Waals surface area contributed by atoms with Gasteiger partial charge in [-0.15, -0.1) is 0 Å². The van der Waals surface area contributed by atoms with Gasteiger partial charge in [0.1, 0.15) is 5.67 Å². The van der Waals surface area contributed by atoms with Crippen LogP contribution in [0.1, 0.15) is 51.9 Å². The van der Waals surface area contributed by atoms with Crippen LogP contribution in [-0.4, -0.2) is 54.4 Å². The predicted molar refractivity (Wildman–Crippen MR) is 125 cm³/mol. The van der Waals surface area contributed by atoms with Crippen LogP contribution < -0.4 is 4.90 Å². The van der Waals surface area contributed by atoms with Gasteiger partial charge in [-0.1, -0.05) is 18.2 Å². The Kier molecular flexibility index (Phi) is 6.58. The average molecular weight is 466 g/mol. The van der Waals surface area contributed by atoms with Crippen LogP contribution in [0.5, 0.6) is 0 Å². The summed E-state index contributed by atoms with van der Waals surface area (Å²) < 4.78 is 21.0. The number of rotatable bonds is 4. The van der Waals surface area contributed by atoms with E-state index < -0.39 is 11.8 Å². The number of anilines is 1. The maximum Gasteiger partial charge on any atom is 0.412 e. The lowest BCUT2D eigenvalue weighted by molar-refractivity contribution is 0.0421. The molecule has 0 spiro atoms. The zero-order valence-electron chi connectivity index (χ0n) is 19.4. The molecule has 2 aromatic carbocycles. The topological polar surface area (TPSA) is 93.9 Å². The lowest BCUT2D eigenvalue weighted by Gasteiger charge is -2.37. The minimum absolute atomic E-state index is 0.156. The first kappa shape index (κ1) is 23.7. The number of alkyl halides is 1. The number of hydrogen-bond donors (Lipinski definition) is 1. The van der Waals surface area contributed by atoms with Crippen LogP contribution in [0.2, 0.25) is 0 Å². The van der Waals surface area contributed by atoms with Gasteiger partial charge in [0.05, 0.1) is 30.0 Å². The van der Waals surface area contributed by atoms with Crippen molar-refractivity contribution in [3.8, 4) is 6.07 Å². The van der Waals surface area contributed by atoms with Crippen molar-refractivity contribution in [2.75, 3.05) is 31.2 Å². The third-order valence-electron chi connectivity index (χ3n) is 6.88. The molecule has 2 aliphatic heterocycles. The number of ether oxygens (including phenoxy) is 1. The van der Waals surface area contributed by atoms with Gasteiger partial charge in [-0.3, -0.25) is 9.69 Å². The zero-order valence-corrected chi connectivity index (χ0v) is 19.4. The second kappa shape index (κ2) is 9.43. The van der Waals surface area contributed by atoms with Crippen molar-refractivity contribution in [1.82, 2.24) is 4.90 Å². The van der Waals surface area contributed by atoms with Crippen molar-refractivity contribution in [2.24, 2.45) is 0 Å². The largest absolute Gasteiger partial charge is 0.465 e. The minimum Gasteiger partial charge on any atom is -0.465 e. The van der Waals surface area contributed by atoms with Crippen LogP contribution in [0.25, 0.3) is 0 Å². The monoisotopic (exact) mass is 465 g/mol. The molecule has 2 aromatic rings. The molecule has 1 atom stereocenters. The molecule has 2 heterocycles. The summed E-state index contributed by atoms with van der Waals surface area (Å²) in [4.78, 5) is 28.4. The molecule has 0 radical (unpaired) electrons. The van der Waals surface area contributed by atoms with Crippen molar-refractivity contribution in [3.05, 3.63) is 64.2 Å². The van der Waals surface area contributed by atoms with Crippen molar-refractivity contribution < 1.29 is 23.8 Å². The van der Waals surface area contributed by atoms with E-state index in [1.807, 2.05) is 26.0 Å². The van der Waals surface area contributed by atoms with E-state index >= 15 is 4.39 Å². The molecule has 8 heteroatoms. The molecule has 0 aromatic heterocycles. The molecule has 178 valence electrons. The molecule has 0 aliphatic carbocycles. The van der Waals surface area contributed by atoms with Crippen molar-refractivity contribution in [3.63, 3.8) is 0 Å². The highest BCUT2D eigenvalue weighted by atomic mass is 19.1. The average Bonchev–Trinajstić information content (AvgIpc) is 3.35. The highest BCUT2D eigenvalue weighted by molar-refractivity contribution is 5.98. The predicted octanol–water partition coefficient (Wildman–Crippen LogP) is 4.55. The fourth-order valence-electron chi connectivity index (χ4n) is 4.88. The molecule has 2 aliphatic rings. The van der Waals surface area contributed by atoms with Gasteiger partial charge in [-0.05, 0) is 55.2 Å². The smallest absolute Gasteiger partial charge is 0.412 e. The molecule has 2 fully saturated rings. The molecular weight excluding hydrogens is 437 g/mol. The van der Waals surface area contributed by atoms with Gasteiger partial charge < -0.3 is 14.7 Å². The van der Waals surface area contributed by atoms with E-state index in [0.717, 1.165) is 11.1 Å². The molecule has 0 unspecified atom stereocenters. The second-order valence-electron chi connectivity index (χ2n) is 9.07. The first-order chi connectivity index (χ1) is 16.2. The SMILES string of the molecule is Cc1cc(C)c(N(C(=O)O)[C@@H]2CCOC2)cc1C(=O)N1CCC(F)(c2ccc(C#N)cc2)CC1. The number of amides is 2. The van der Waals surface area contributed by atoms with Gasteiger partial charge >= 0.3 is 6.09 Å². The van der Waals surface area contributed by atoms with Gasteiger partial charge in [-0.25, -0.2) is 9.18 Å². The number of nitriles is 1. The fourth-order valence-corrected chi connectivity index (χ4v) is 4.88. The van der Waals surface area contributed by atoms with E-state index in [1.165, 1.54) is 4.90 Å². The van der Waals surface area contributed by atoms with Gasteiger partial charge in [0.2, 0.25) is 0 Å². The van der Waals surface area contributed by atoms with E-state index in [1.54, 1.807) is 35.2 Å². The Morgan fingerprint density at radius 1 is 1.18 bits per heavy atom. The number of halogens is 1. The van der Waals surface area contributed by atoms with E-state index in [0.29, 0.717) is 42.0 Å². The molecular formula is C26H28FN3O4. The van der Waals surface area contributed by atoms with Crippen molar-refractivity contribution in [1.29, 1.82) is 5.26 Å². The summed E-state index contributed by atoms with van der Waals surface area (Å²) in [7, 11) is 0. The first-order valence-electron chi connectivity index (χ1n) is 11.4. The highest BCUT2D eigenvalue weighted by Gasteiger charge is 2.38. The van der Waals surface area contributed by atoms with E-state index in [2.05, 4.69) is 0 Å². The molecule has 34 heavy (non-hydrogen) atoms. The summed E-state index contributed by atoms with van der Waals surface area (Å²) in [5, 5.41) is 18.8. The maximum absolute atomic E-state index is 15.6. The molecule has 0 bridgehead atoms. The number of nitrogens with zero attached hydrogens (tertiary/aromatic N) is 3. The standard InChI is InChI=1S/C26H28FN3O4/c1-17-13-18(2)23(30(25(32)33)21-7-12-34-16-21)14-22(17)24(31)29-10-8-26(27,9-11-29)20-5-3-19(15-28)4-6-20/h3-6,13-14,21H,7-12,16H2,1-2H3,(H,32,33)/t21-/m1/s1. The van der Waals surface area contributed by atoms with Gasteiger partial charge in [0.15, 0.2) is 0 Å². The maximum atomic E-state index is 15.6. The number of piperidine rings is 1. The molecule has 1 N–H and O–H groups in total. The van der Waals surface area contributed by atoms with E-state index in [9.17, 15) is 14.7 Å². The number of carbonyl (C=O) groups is 2. The van der Waals surface area contributed by atoms with Crippen LogP contribution in [0.15, 0.2) is 36.4 Å². The second-order valence-corrected chi connectivity index (χ2v) is 9.07. The number of benzene rings is 2. The summed E-state index contributed by atoms with van der Waals surface area (Å²) in [5.41, 5.74) is 1.87. The Hall–Kier alpha value is -3.44. The highest BCUT2D eigenvalue weighted by Crippen LogP contribution is 2.38. The number of carboxylic acid groups (broad SMARTS) is 1. The number of carbonyl (C=O) groups excluding carboxylic acids is 1. The fraction of sp³-hybridized carbons (Fsp3) is 0.423. The van der Waals surface area contributed by atoms with Crippen molar-refractivity contribution >= 4 is 17.7 Å². The Morgan fingerprint density at radius 3 is 2.41 bits per heavy atom. The molecule has 2 amide bonds. The van der Waals surface area contributed by atoms with Gasteiger partial charge in [-0.2, -0.15) is 5.26 Å². The van der Waals surface area contributed by atoms with E-state index in [4.69, 9.17) is 10.00 Å². The number of likely N-dealkylation sites (tertiary alicyclic amines) is 1. The summed E-state index contributed by atoms with van der Waals surface area (Å²) in [6.45, 7) is 4.98. The lowest BCUT2D eigenvalue weighted by Crippen LogP contribution is -2.44. The molecule has 4 rings (SSSR count).